The number of methoxy groups -OCH3 is 2. The summed E-state index contributed by atoms with van der Waals surface area (Å²) >= 11 is 7.44. The van der Waals surface area contributed by atoms with Crippen molar-refractivity contribution in [1.29, 1.82) is 0 Å². The van der Waals surface area contributed by atoms with Gasteiger partial charge in [0.15, 0.2) is 16.7 Å². The van der Waals surface area contributed by atoms with Gasteiger partial charge >= 0.3 is 0 Å². The summed E-state index contributed by atoms with van der Waals surface area (Å²) in [6.45, 7) is 2.32. The number of benzene rings is 3. The van der Waals surface area contributed by atoms with Gasteiger partial charge in [-0.2, -0.15) is 0 Å². The molecule has 0 aromatic heterocycles. The smallest absolute Gasteiger partial charge is 0.264 e. The van der Waals surface area contributed by atoms with E-state index in [4.69, 9.17) is 25.8 Å². The third-order valence-electron chi connectivity index (χ3n) is 5.08. The molecule has 0 atom stereocenters. The Morgan fingerprint density at radius 2 is 1.79 bits per heavy atom. The van der Waals surface area contributed by atoms with Crippen LogP contribution in [-0.4, -0.2) is 25.3 Å². The van der Waals surface area contributed by atoms with Crippen LogP contribution in [0.1, 0.15) is 16.7 Å². The van der Waals surface area contributed by atoms with Crippen molar-refractivity contribution in [2.45, 2.75) is 13.5 Å². The Bertz CT molecular complexity index is 1270. The van der Waals surface area contributed by atoms with Crippen molar-refractivity contribution in [2.24, 2.45) is 4.99 Å². The maximum atomic E-state index is 12.5. The second kappa shape index (κ2) is 10.7. The number of ether oxygens (including phenoxy) is 3. The predicted molar refractivity (Wildman–Crippen MR) is 137 cm³/mol. The third-order valence-corrected chi connectivity index (χ3v) is 6.39. The van der Waals surface area contributed by atoms with Gasteiger partial charge in [-0.3, -0.25) is 4.79 Å². The summed E-state index contributed by atoms with van der Waals surface area (Å²) in [6, 6.07) is 18.7. The SMILES string of the molecule is COc1ccc(COc2ccc(/C=C3\SC(=Nc4ccc(C)c(Cl)c4)NC3=O)cc2OC)cc1. The van der Waals surface area contributed by atoms with Crippen molar-refractivity contribution in [3.05, 3.63) is 87.3 Å². The van der Waals surface area contributed by atoms with Crippen molar-refractivity contribution in [2.75, 3.05) is 14.2 Å². The molecule has 174 valence electrons. The number of halogens is 1. The molecule has 1 aliphatic heterocycles. The van der Waals surface area contributed by atoms with Crippen LogP contribution in [-0.2, 0) is 11.4 Å². The molecule has 0 radical (unpaired) electrons. The summed E-state index contributed by atoms with van der Waals surface area (Å²) in [5, 5.41) is 3.93. The van der Waals surface area contributed by atoms with Crippen molar-refractivity contribution < 1.29 is 19.0 Å². The van der Waals surface area contributed by atoms with E-state index >= 15 is 0 Å². The van der Waals surface area contributed by atoms with Crippen LogP contribution in [0.15, 0.2) is 70.6 Å². The van der Waals surface area contributed by atoms with Gasteiger partial charge < -0.3 is 19.5 Å². The standard InChI is InChI=1S/C26H23ClN2O4S/c1-16-4-8-19(14-21(16)27)28-26-29-25(30)24(34-26)13-18-7-11-22(23(12-18)32-3)33-15-17-5-9-20(31-2)10-6-17/h4-14H,15H2,1-3H3,(H,28,29,30)/b24-13-. The first-order chi connectivity index (χ1) is 16.4. The number of aryl methyl sites for hydroxylation is 1. The quantitative estimate of drug-likeness (QED) is 0.400. The molecule has 1 fully saturated rings. The summed E-state index contributed by atoms with van der Waals surface area (Å²) in [5.41, 5.74) is 3.47. The van der Waals surface area contributed by atoms with Gasteiger partial charge in [-0.25, -0.2) is 4.99 Å². The van der Waals surface area contributed by atoms with Crippen LogP contribution in [0.25, 0.3) is 6.08 Å². The van der Waals surface area contributed by atoms with Crippen LogP contribution in [0.4, 0.5) is 5.69 Å². The lowest BCUT2D eigenvalue weighted by Gasteiger charge is -2.12. The number of amidine groups is 1. The molecule has 0 unspecified atom stereocenters. The minimum absolute atomic E-state index is 0.208. The predicted octanol–water partition coefficient (Wildman–Crippen LogP) is 6.14. The Labute approximate surface area is 207 Å². The number of rotatable bonds is 7. The highest BCUT2D eigenvalue weighted by molar-refractivity contribution is 8.18. The molecule has 0 saturated carbocycles. The number of hydrogen-bond donors (Lipinski definition) is 1. The zero-order valence-electron chi connectivity index (χ0n) is 18.9. The molecule has 6 nitrogen and oxygen atoms in total. The molecule has 3 aromatic rings. The minimum atomic E-state index is -0.208. The fraction of sp³-hybridized carbons (Fsp3) is 0.154. The third kappa shape index (κ3) is 5.73. The number of amides is 1. The van der Waals surface area contributed by atoms with Crippen LogP contribution in [0, 0.1) is 6.92 Å². The Morgan fingerprint density at radius 1 is 1.00 bits per heavy atom. The first-order valence-electron chi connectivity index (χ1n) is 10.4. The number of hydrogen-bond acceptors (Lipinski definition) is 6. The lowest BCUT2D eigenvalue weighted by atomic mass is 10.2. The zero-order chi connectivity index (χ0) is 24.1. The fourth-order valence-corrected chi connectivity index (χ4v) is 4.19. The fourth-order valence-electron chi connectivity index (χ4n) is 3.18. The van der Waals surface area contributed by atoms with Gasteiger partial charge in [0.1, 0.15) is 12.4 Å². The first-order valence-corrected chi connectivity index (χ1v) is 11.6. The van der Waals surface area contributed by atoms with E-state index in [0.717, 1.165) is 22.4 Å². The van der Waals surface area contributed by atoms with Gasteiger partial charge in [0.25, 0.3) is 5.91 Å². The van der Waals surface area contributed by atoms with Crippen LogP contribution >= 0.6 is 23.4 Å². The van der Waals surface area contributed by atoms with Crippen LogP contribution in [0.3, 0.4) is 0 Å². The van der Waals surface area contributed by atoms with E-state index in [0.29, 0.717) is 38.9 Å². The van der Waals surface area contributed by atoms with Crippen molar-refractivity contribution in [1.82, 2.24) is 5.32 Å². The maximum Gasteiger partial charge on any atom is 0.264 e. The zero-order valence-corrected chi connectivity index (χ0v) is 20.5. The number of nitrogens with zero attached hydrogens (tertiary/aromatic N) is 1. The summed E-state index contributed by atoms with van der Waals surface area (Å²) in [7, 11) is 3.22. The van der Waals surface area contributed by atoms with E-state index < -0.39 is 0 Å². The van der Waals surface area contributed by atoms with Gasteiger partial charge in [0.2, 0.25) is 0 Å². The molecular formula is C26H23ClN2O4S. The lowest BCUT2D eigenvalue weighted by Crippen LogP contribution is -2.19. The monoisotopic (exact) mass is 494 g/mol. The molecule has 34 heavy (non-hydrogen) atoms. The Balaban J connectivity index is 1.47. The van der Waals surface area contributed by atoms with E-state index in [-0.39, 0.29) is 5.91 Å². The molecule has 0 spiro atoms. The average molecular weight is 495 g/mol. The highest BCUT2D eigenvalue weighted by Crippen LogP contribution is 2.33. The van der Waals surface area contributed by atoms with E-state index in [1.165, 1.54) is 11.8 Å². The molecule has 0 bridgehead atoms. The normalized spacial score (nSPS) is 15.5. The van der Waals surface area contributed by atoms with Gasteiger partial charge in [-0.1, -0.05) is 35.9 Å². The Hall–Kier alpha value is -3.42. The number of carbonyl (C=O) groups excluding carboxylic acids is 1. The van der Waals surface area contributed by atoms with Crippen LogP contribution in [0.5, 0.6) is 17.2 Å². The topological polar surface area (TPSA) is 69.2 Å². The molecular weight excluding hydrogens is 472 g/mol. The Morgan fingerprint density at radius 3 is 2.50 bits per heavy atom. The van der Waals surface area contributed by atoms with Gasteiger partial charge in [0, 0.05) is 5.02 Å². The number of carbonyl (C=O) groups is 1. The second-order valence-electron chi connectivity index (χ2n) is 7.46. The van der Waals surface area contributed by atoms with E-state index in [9.17, 15) is 4.79 Å². The average Bonchev–Trinajstić information content (AvgIpc) is 3.19. The van der Waals surface area contributed by atoms with Crippen LogP contribution in [0.2, 0.25) is 5.02 Å². The first kappa shape index (κ1) is 23.7. The van der Waals surface area contributed by atoms with Gasteiger partial charge in [0.05, 0.1) is 24.8 Å². The van der Waals surface area contributed by atoms with Crippen LogP contribution < -0.4 is 19.5 Å². The number of thioether (sulfide) groups is 1. The summed E-state index contributed by atoms with van der Waals surface area (Å²) in [5.74, 6) is 1.78. The van der Waals surface area contributed by atoms with Gasteiger partial charge in [-0.05, 0) is 77.9 Å². The summed E-state index contributed by atoms with van der Waals surface area (Å²) in [4.78, 5) is 17.5. The molecule has 8 heteroatoms. The highest BCUT2D eigenvalue weighted by atomic mass is 35.5. The summed E-state index contributed by atoms with van der Waals surface area (Å²) < 4.78 is 16.6. The van der Waals surface area contributed by atoms with Crippen molar-refractivity contribution in [3.63, 3.8) is 0 Å². The maximum absolute atomic E-state index is 12.5. The molecule has 1 saturated heterocycles. The van der Waals surface area contributed by atoms with Gasteiger partial charge in [-0.15, -0.1) is 0 Å². The Kier molecular flexibility index (Phi) is 7.45. The number of aliphatic imine (C=N–C) groups is 1. The van der Waals surface area contributed by atoms with E-state index in [1.54, 1.807) is 26.4 Å². The molecule has 1 aliphatic rings. The van der Waals surface area contributed by atoms with Crippen molar-refractivity contribution in [3.8, 4) is 17.2 Å². The largest absolute Gasteiger partial charge is 0.497 e. The minimum Gasteiger partial charge on any atom is -0.497 e. The molecule has 3 aromatic carbocycles. The highest BCUT2D eigenvalue weighted by Gasteiger charge is 2.24. The second-order valence-corrected chi connectivity index (χ2v) is 8.90. The lowest BCUT2D eigenvalue weighted by molar-refractivity contribution is -0.115. The molecule has 1 heterocycles. The van der Waals surface area contributed by atoms with Crippen molar-refractivity contribution >= 4 is 46.2 Å². The molecule has 0 aliphatic carbocycles. The van der Waals surface area contributed by atoms with E-state index in [2.05, 4.69) is 10.3 Å². The van der Waals surface area contributed by atoms with E-state index in [1.807, 2.05) is 61.5 Å². The molecule has 4 rings (SSSR count). The molecule has 1 N–H and O–H groups in total. The molecule has 1 amide bonds. The summed E-state index contributed by atoms with van der Waals surface area (Å²) in [6.07, 6.45) is 1.79. The number of nitrogens with one attached hydrogen (secondary N) is 1.